The maximum absolute atomic E-state index is 5.74. The quantitative estimate of drug-likeness (QED) is 0.704. The summed E-state index contributed by atoms with van der Waals surface area (Å²) in [5.74, 6) is 0.783. The van der Waals surface area contributed by atoms with Crippen LogP contribution in [0.5, 0.6) is 0 Å². The highest BCUT2D eigenvalue weighted by atomic mass is 16.5. The molecule has 0 bridgehead atoms. The lowest BCUT2D eigenvalue weighted by Crippen LogP contribution is -2.32. The van der Waals surface area contributed by atoms with Gasteiger partial charge in [-0.15, -0.1) is 0 Å². The van der Waals surface area contributed by atoms with Gasteiger partial charge in [0.2, 0.25) is 0 Å². The van der Waals surface area contributed by atoms with E-state index in [1.807, 2.05) is 0 Å². The van der Waals surface area contributed by atoms with Crippen molar-refractivity contribution in [1.82, 2.24) is 5.32 Å². The summed E-state index contributed by atoms with van der Waals surface area (Å²) in [6.45, 7) is 9.62. The van der Waals surface area contributed by atoms with Gasteiger partial charge in [-0.05, 0) is 52.6 Å². The Labute approximate surface area is 81.2 Å². The van der Waals surface area contributed by atoms with E-state index in [9.17, 15) is 0 Å². The molecule has 0 saturated carbocycles. The summed E-state index contributed by atoms with van der Waals surface area (Å²) in [6.07, 6.45) is 2.55. The summed E-state index contributed by atoms with van der Waals surface area (Å²) in [6, 6.07) is 0. The molecule has 1 saturated heterocycles. The Morgan fingerprint density at radius 3 is 2.23 bits per heavy atom. The molecule has 1 aliphatic rings. The topological polar surface area (TPSA) is 52.8 Å². The van der Waals surface area contributed by atoms with Crippen LogP contribution < -0.4 is 5.32 Å². The van der Waals surface area contributed by atoms with E-state index in [1.165, 1.54) is 12.8 Å². The van der Waals surface area contributed by atoms with Crippen molar-refractivity contribution in [3.05, 3.63) is 0 Å². The van der Waals surface area contributed by atoms with Crippen LogP contribution in [0.4, 0.5) is 0 Å². The fourth-order valence-corrected chi connectivity index (χ4v) is 1.42. The Bertz CT molecular complexity index is 125. The summed E-state index contributed by atoms with van der Waals surface area (Å²) in [5.41, 5.74) is 0.0326. The van der Waals surface area contributed by atoms with Gasteiger partial charge in [-0.2, -0.15) is 0 Å². The number of hydrogen-bond acceptors (Lipinski definition) is 2. The van der Waals surface area contributed by atoms with E-state index in [2.05, 4.69) is 26.1 Å². The van der Waals surface area contributed by atoms with Crippen LogP contribution >= 0.6 is 0 Å². The number of piperidine rings is 1. The van der Waals surface area contributed by atoms with Crippen molar-refractivity contribution in [3.63, 3.8) is 0 Å². The molecule has 0 amide bonds. The molecule has 3 N–H and O–H groups in total. The molecule has 1 fully saturated rings. The van der Waals surface area contributed by atoms with Crippen LogP contribution in [0.2, 0.25) is 0 Å². The molecule has 0 aromatic heterocycles. The zero-order chi connectivity index (χ0) is 9.03. The maximum Gasteiger partial charge on any atom is 0.0598 e. The monoisotopic (exact) mass is 189 g/mol. The molecular weight excluding hydrogens is 166 g/mol. The Morgan fingerprint density at radius 1 is 1.23 bits per heavy atom. The molecule has 3 nitrogen and oxygen atoms in total. The molecular formula is C10H23NO2. The van der Waals surface area contributed by atoms with Crippen LogP contribution in [0.3, 0.4) is 0 Å². The molecule has 0 aromatic carbocycles. The van der Waals surface area contributed by atoms with E-state index in [0.29, 0.717) is 0 Å². The second-order valence-electron chi connectivity index (χ2n) is 4.62. The normalized spacial score (nSPS) is 19.6. The van der Waals surface area contributed by atoms with Crippen molar-refractivity contribution in [2.45, 2.75) is 39.2 Å². The van der Waals surface area contributed by atoms with E-state index in [0.717, 1.165) is 25.6 Å². The maximum atomic E-state index is 5.74. The summed E-state index contributed by atoms with van der Waals surface area (Å²) in [4.78, 5) is 0. The van der Waals surface area contributed by atoms with E-state index in [-0.39, 0.29) is 11.1 Å². The van der Waals surface area contributed by atoms with Gasteiger partial charge in [-0.1, -0.05) is 0 Å². The summed E-state index contributed by atoms with van der Waals surface area (Å²) in [5, 5.41) is 3.36. The predicted molar refractivity (Wildman–Crippen MR) is 54.9 cm³/mol. The van der Waals surface area contributed by atoms with E-state index in [1.54, 1.807) is 0 Å². The van der Waals surface area contributed by atoms with Crippen LogP contribution in [-0.2, 0) is 4.74 Å². The first-order chi connectivity index (χ1) is 5.58. The SMILES string of the molecule is CC(C)(C)OCC1CCNCC1.O. The number of rotatable bonds is 2. The van der Waals surface area contributed by atoms with Crippen molar-refractivity contribution in [1.29, 1.82) is 0 Å². The minimum absolute atomic E-state index is 0. The zero-order valence-electron chi connectivity index (χ0n) is 9.02. The lowest BCUT2D eigenvalue weighted by molar-refractivity contribution is -0.0266. The van der Waals surface area contributed by atoms with E-state index >= 15 is 0 Å². The van der Waals surface area contributed by atoms with Gasteiger partial charge in [-0.3, -0.25) is 0 Å². The molecule has 80 valence electrons. The van der Waals surface area contributed by atoms with Gasteiger partial charge in [0, 0.05) is 0 Å². The minimum atomic E-state index is 0. The zero-order valence-corrected chi connectivity index (χ0v) is 9.02. The van der Waals surface area contributed by atoms with Gasteiger partial charge in [0.15, 0.2) is 0 Å². The number of nitrogens with one attached hydrogen (secondary N) is 1. The Kier molecular flexibility index (Phi) is 5.53. The van der Waals surface area contributed by atoms with Crippen LogP contribution in [-0.4, -0.2) is 30.8 Å². The first-order valence-corrected chi connectivity index (χ1v) is 4.92. The Hall–Kier alpha value is -0.120. The second kappa shape index (κ2) is 5.58. The lowest BCUT2D eigenvalue weighted by Gasteiger charge is -2.27. The highest BCUT2D eigenvalue weighted by Crippen LogP contribution is 2.16. The van der Waals surface area contributed by atoms with Crippen molar-refractivity contribution in [3.8, 4) is 0 Å². The molecule has 0 spiro atoms. The summed E-state index contributed by atoms with van der Waals surface area (Å²) < 4.78 is 5.74. The third-order valence-electron chi connectivity index (χ3n) is 2.21. The lowest BCUT2D eigenvalue weighted by atomic mass is 9.99. The molecule has 0 aliphatic carbocycles. The molecule has 0 unspecified atom stereocenters. The predicted octanol–water partition coefficient (Wildman–Crippen LogP) is 0.976. The standard InChI is InChI=1S/C10H21NO.H2O/c1-10(2,3)12-8-9-4-6-11-7-5-9;/h9,11H,4-8H2,1-3H3;1H2. The Balaban J connectivity index is 0.00000144. The number of hydrogen-bond donors (Lipinski definition) is 1. The molecule has 13 heavy (non-hydrogen) atoms. The van der Waals surface area contributed by atoms with Gasteiger partial charge in [0.25, 0.3) is 0 Å². The van der Waals surface area contributed by atoms with Crippen LogP contribution in [0.1, 0.15) is 33.6 Å². The highest BCUT2D eigenvalue weighted by Gasteiger charge is 2.17. The first kappa shape index (κ1) is 12.9. The van der Waals surface area contributed by atoms with Gasteiger partial charge in [0.1, 0.15) is 0 Å². The Morgan fingerprint density at radius 2 is 1.77 bits per heavy atom. The molecule has 1 aliphatic heterocycles. The molecule has 3 heteroatoms. The molecule has 0 atom stereocenters. The molecule has 0 radical (unpaired) electrons. The van der Waals surface area contributed by atoms with Gasteiger partial charge < -0.3 is 15.5 Å². The van der Waals surface area contributed by atoms with Crippen molar-refractivity contribution in [2.24, 2.45) is 5.92 Å². The molecule has 1 rings (SSSR count). The summed E-state index contributed by atoms with van der Waals surface area (Å²) in [7, 11) is 0. The fourth-order valence-electron chi connectivity index (χ4n) is 1.42. The van der Waals surface area contributed by atoms with E-state index in [4.69, 9.17) is 4.74 Å². The van der Waals surface area contributed by atoms with E-state index < -0.39 is 0 Å². The van der Waals surface area contributed by atoms with Crippen LogP contribution in [0, 0.1) is 5.92 Å². The minimum Gasteiger partial charge on any atom is -0.412 e. The smallest absolute Gasteiger partial charge is 0.0598 e. The molecule has 0 aromatic rings. The fraction of sp³-hybridized carbons (Fsp3) is 1.00. The van der Waals surface area contributed by atoms with Crippen LogP contribution in [0.15, 0.2) is 0 Å². The summed E-state index contributed by atoms with van der Waals surface area (Å²) >= 11 is 0. The third-order valence-corrected chi connectivity index (χ3v) is 2.21. The number of ether oxygens (including phenoxy) is 1. The first-order valence-electron chi connectivity index (χ1n) is 4.92. The highest BCUT2D eigenvalue weighted by molar-refractivity contribution is 4.69. The average molecular weight is 189 g/mol. The third kappa shape index (κ3) is 6.02. The van der Waals surface area contributed by atoms with Crippen LogP contribution in [0.25, 0.3) is 0 Å². The second-order valence-corrected chi connectivity index (χ2v) is 4.62. The largest absolute Gasteiger partial charge is 0.412 e. The van der Waals surface area contributed by atoms with Crippen molar-refractivity contribution >= 4 is 0 Å². The van der Waals surface area contributed by atoms with Gasteiger partial charge in [0.05, 0.1) is 12.2 Å². The van der Waals surface area contributed by atoms with Gasteiger partial charge in [-0.25, -0.2) is 0 Å². The van der Waals surface area contributed by atoms with Gasteiger partial charge >= 0.3 is 0 Å². The average Bonchev–Trinajstić information content (AvgIpc) is 2.02. The molecule has 1 heterocycles. The van der Waals surface area contributed by atoms with Crippen molar-refractivity contribution < 1.29 is 10.2 Å². The van der Waals surface area contributed by atoms with Crippen molar-refractivity contribution in [2.75, 3.05) is 19.7 Å².